The standard InChI is InChI=1S/C29H28ClN3O5/c1-4-38-20-9-6-18(7-10-20)28-25-26(21-16-19(30)8-11-22(21)34)31-32-27(25)29(35)33(28)14-13-17-5-12-23(36-2)24(15-17)37-3/h5-12,15-16,28,34H,4,13-14H2,1-3H3,(H,31,32). The molecule has 1 aromatic heterocycles. The number of nitrogens with zero attached hydrogens (tertiary/aromatic N) is 2. The molecular formula is C29H28ClN3O5. The Bertz CT molecular complexity index is 1470. The van der Waals surface area contributed by atoms with E-state index in [0.717, 1.165) is 16.9 Å². The number of aromatic hydroxyl groups is 1. The molecule has 2 heterocycles. The predicted octanol–water partition coefficient (Wildman–Crippen LogP) is 5.64. The number of ether oxygens (including phenoxy) is 3. The summed E-state index contributed by atoms with van der Waals surface area (Å²) in [6.07, 6.45) is 0.592. The second kappa shape index (κ2) is 10.7. The van der Waals surface area contributed by atoms with Gasteiger partial charge in [-0.3, -0.25) is 9.89 Å². The average molecular weight is 534 g/mol. The Kier molecular flexibility index (Phi) is 7.15. The van der Waals surface area contributed by atoms with E-state index in [0.29, 0.717) is 58.6 Å². The van der Waals surface area contributed by atoms with E-state index in [1.165, 1.54) is 6.07 Å². The molecule has 3 aromatic carbocycles. The van der Waals surface area contributed by atoms with Crippen molar-refractivity contribution in [2.45, 2.75) is 19.4 Å². The molecule has 5 rings (SSSR count). The number of amides is 1. The van der Waals surface area contributed by atoms with Gasteiger partial charge in [-0.05, 0) is 66.9 Å². The van der Waals surface area contributed by atoms with Gasteiger partial charge in [0.25, 0.3) is 5.91 Å². The first kappa shape index (κ1) is 25.5. The Hall–Kier alpha value is -4.17. The maximum atomic E-state index is 13.7. The number of hydrogen-bond donors (Lipinski definition) is 2. The van der Waals surface area contributed by atoms with E-state index in [2.05, 4.69) is 10.2 Å². The highest BCUT2D eigenvalue weighted by molar-refractivity contribution is 6.31. The van der Waals surface area contributed by atoms with Crippen molar-refractivity contribution in [1.82, 2.24) is 15.1 Å². The second-order valence-corrected chi connectivity index (χ2v) is 9.30. The first-order valence-corrected chi connectivity index (χ1v) is 12.6. The van der Waals surface area contributed by atoms with E-state index < -0.39 is 6.04 Å². The molecule has 0 bridgehead atoms. The number of benzene rings is 3. The molecule has 9 heteroatoms. The number of H-pyrrole nitrogens is 1. The number of phenols is 1. The van der Waals surface area contributed by atoms with Gasteiger partial charge in [-0.2, -0.15) is 5.10 Å². The first-order chi connectivity index (χ1) is 18.4. The third-order valence-corrected chi connectivity index (χ3v) is 6.91. The topological polar surface area (TPSA) is 96.9 Å². The number of nitrogens with one attached hydrogen (secondary N) is 1. The van der Waals surface area contributed by atoms with Crippen molar-refractivity contribution >= 4 is 17.5 Å². The number of phenolic OH excluding ortho intramolecular Hbond substituents is 1. The van der Waals surface area contributed by atoms with Crippen molar-refractivity contribution in [2.24, 2.45) is 0 Å². The van der Waals surface area contributed by atoms with Gasteiger partial charge < -0.3 is 24.2 Å². The summed E-state index contributed by atoms with van der Waals surface area (Å²) >= 11 is 6.25. The lowest BCUT2D eigenvalue weighted by atomic mass is 9.95. The Labute approximate surface area is 225 Å². The van der Waals surface area contributed by atoms with Gasteiger partial charge in [0, 0.05) is 22.7 Å². The molecule has 2 N–H and O–H groups in total. The fourth-order valence-corrected chi connectivity index (χ4v) is 5.05. The molecule has 1 atom stereocenters. The Morgan fingerprint density at radius 1 is 1.03 bits per heavy atom. The minimum atomic E-state index is -0.430. The van der Waals surface area contributed by atoms with Crippen LogP contribution in [0, 0.1) is 0 Å². The van der Waals surface area contributed by atoms with Crippen LogP contribution in [0.1, 0.15) is 40.1 Å². The number of aromatic nitrogens is 2. The van der Waals surface area contributed by atoms with Crippen LogP contribution in [0.25, 0.3) is 11.3 Å². The van der Waals surface area contributed by atoms with Gasteiger partial charge >= 0.3 is 0 Å². The number of halogens is 1. The second-order valence-electron chi connectivity index (χ2n) is 8.86. The van der Waals surface area contributed by atoms with Gasteiger partial charge in [-0.1, -0.05) is 29.8 Å². The molecule has 0 saturated carbocycles. The van der Waals surface area contributed by atoms with Crippen molar-refractivity contribution < 1.29 is 24.1 Å². The number of methoxy groups -OCH3 is 2. The highest BCUT2D eigenvalue weighted by Crippen LogP contribution is 2.45. The van der Waals surface area contributed by atoms with Crippen LogP contribution in [-0.4, -0.2) is 53.5 Å². The summed E-state index contributed by atoms with van der Waals surface area (Å²) < 4.78 is 16.4. The lowest BCUT2D eigenvalue weighted by Crippen LogP contribution is -2.31. The van der Waals surface area contributed by atoms with Gasteiger partial charge in [0.15, 0.2) is 11.5 Å². The van der Waals surface area contributed by atoms with E-state index in [1.54, 1.807) is 26.4 Å². The van der Waals surface area contributed by atoms with Crippen LogP contribution < -0.4 is 14.2 Å². The zero-order valence-electron chi connectivity index (χ0n) is 21.3. The number of carbonyl (C=O) groups excluding carboxylic acids is 1. The number of fused-ring (bicyclic) bond motifs is 1. The summed E-state index contributed by atoms with van der Waals surface area (Å²) in [7, 11) is 3.19. The smallest absolute Gasteiger partial charge is 0.273 e. The minimum absolute atomic E-state index is 0.0328. The quantitative estimate of drug-likeness (QED) is 0.289. The molecular weight excluding hydrogens is 506 g/mol. The van der Waals surface area contributed by atoms with E-state index in [-0.39, 0.29) is 11.7 Å². The van der Waals surface area contributed by atoms with Crippen LogP contribution in [0.4, 0.5) is 0 Å². The van der Waals surface area contributed by atoms with Crippen molar-refractivity contribution in [3.63, 3.8) is 0 Å². The van der Waals surface area contributed by atoms with Crippen LogP contribution in [0.15, 0.2) is 60.7 Å². The summed E-state index contributed by atoms with van der Waals surface area (Å²) in [5.41, 5.74) is 3.94. The average Bonchev–Trinajstić information content (AvgIpc) is 3.48. The maximum Gasteiger partial charge on any atom is 0.273 e. The lowest BCUT2D eigenvalue weighted by molar-refractivity contribution is 0.0746. The van der Waals surface area contributed by atoms with Crippen LogP contribution in [-0.2, 0) is 6.42 Å². The lowest BCUT2D eigenvalue weighted by Gasteiger charge is -2.27. The summed E-state index contributed by atoms with van der Waals surface area (Å²) in [5, 5.41) is 18.4. The SMILES string of the molecule is CCOc1ccc(C2c3c(-c4cc(Cl)ccc4O)n[nH]c3C(=O)N2CCc2ccc(OC)c(OC)c2)cc1. The number of rotatable bonds is 9. The van der Waals surface area contributed by atoms with Crippen molar-refractivity contribution in [1.29, 1.82) is 0 Å². The number of carbonyl (C=O) groups is 1. The largest absolute Gasteiger partial charge is 0.507 e. The molecule has 0 fully saturated rings. The van der Waals surface area contributed by atoms with Crippen molar-refractivity contribution in [3.05, 3.63) is 88.1 Å². The third kappa shape index (κ3) is 4.63. The Morgan fingerprint density at radius 2 is 1.79 bits per heavy atom. The van der Waals surface area contributed by atoms with Crippen molar-refractivity contribution in [2.75, 3.05) is 27.4 Å². The maximum absolute atomic E-state index is 13.7. The Morgan fingerprint density at radius 3 is 2.50 bits per heavy atom. The molecule has 196 valence electrons. The molecule has 0 radical (unpaired) electrons. The van der Waals surface area contributed by atoms with E-state index >= 15 is 0 Å². The summed E-state index contributed by atoms with van der Waals surface area (Å²) in [6, 6.07) is 17.8. The molecule has 1 aliphatic heterocycles. The molecule has 38 heavy (non-hydrogen) atoms. The molecule has 4 aromatic rings. The fourth-order valence-electron chi connectivity index (χ4n) is 4.88. The molecule has 0 spiro atoms. The molecule has 8 nitrogen and oxygen atoms in total. The van der Waals surface area contributed by atoms with Gasteiger partial charge in [-0.15, -0.1) is 0 Å². The zero-order valence-corrected chi connectivity index (χ0v) is 22.1. The molecule has 1 amide bonds. The third-order valence-electron chi connectivity index (χ3n) is 6.67. The summed E-state index contributed by atoms with van der Waals surface area (Å²) in [5.74, 6) is 1.89. The van der Waals surface area contributed by atoms with Crippen molar-refractivity contribution in [3.8, 4) is 34.3 Å². The summed E-state index contributed by atoms with van der Waals surface area (Å²) in [4.78, 5) is 15.5. The number of aromatic amines is 1. The van der Waals surface area contributed by atoms with E-state index in [1.807, 2.05) is 54.3 Å². The van der Waals surface area contributed by atoms with Gasteiger partial charge in [0.1, 0.15) is 22.9 Å². The normalized spacial score (nSPS) is 14.5. The molecule has 1 unspecified atom stereocenters. The highest BCUT2D eigenvalue weighted by Gasteiger charge is 2.42. The van der Waals surface area contributed by atoms with Gasteiger partial charge in [0.2, 0.25) is 0 Å². The monoisotopic (exact) mass is 533 g/mol. The highest BCUT2D eigenvalue weighted by atomic mass is 35.5. The predicted molar refractivity (Wildman–Crippen MR) is 144 cm³/mol. The number of hydrogen-bond acceptors (Lipinski definition) is 6. The van der Waals surface area contributed by atoms with Crippen LogP contribution in [0.5, 0.6) is 23.0 Å². The van der Waals surface area contributed by atoms with Crippen LogP contribution in [0.2, 0.25) is 5.02 Å². The van der Waals surface area contributed by atoms with Crippen LogP contribution >= 0.6 is 11.6 Å². The van der Waals surface area contributed by atoms with Crippen LogP contribution in [0.3, 0.4) is 0 Å². The van der Waals surface area contributed by atoms with Gasteiger partial charge in [-0.25, -0.2) is 0 Å². The zero-order chi connectivity index (χ0) is 26.8. The minimum Gasteiger partial charge on any atom is -0.507 e. The van der Waals surface area contributed by atoms with E-state index in [9.17, 15) is 9.90 Å². The molecule has 0 saturated heterocycles. The van der Waals surface area contributed by atoms with E-state index in [4.69, 9.17) is 25.8 Å². The Balaban J connectivity index is 1.55. The fraction of sp³-hybridized carbons (Fsp3) is 0.241. The van der Waals surface area contributed by atoms with Gasteiger partial charge in [0.05, 0.1) is 26.9 Å². The first-order valence-electron chi connectivity index (χ1n) is 12.3. The molecule has 1 aliphatic rings. The molecule has 0 aliphatic carbocycles. The summed E-state index contributed by atoms with van der Waals surface area (Å²) in [6.45, 7) is 2.93.